The van der Waals surface area contributed by atoms with E-state index in [1.807, 2.05) is 0 Å². The molecule has 166 valence electrons. The molecule has 4 rings (SSSR count). The number of anilines is 3. The minimum absolute atomic E-state index is 0.00471. The van der Waals surface area contributed by atoms with Gasteiger partial charge >= 0.3 is 0 Å². The third kappa shape index (κ3) is 5.32. The van der Waals surface area contributed by atoms with E-state index in [-0.39, 0.29) is 5.75 Å². The van der Waals surface area contributed by atoms with Crippen LogP contribution in [0.25, 0.3) is 0 Å². The van der Waals surface area contributed by atoms with Crippen molar-refractivity contribution in [1.29, 1.82) is 0 Å². The first-order valence-electron chi connectivity index (χ1n) is 9.91. The lowest BCUT2D eigenvalue weighted by Gasteiger charge is -2.30. The van der Waals surface area contributed by atoms with Gasteiger partial charge in [-0.3, -0.25) is 0 Å². The molecule has 2 aromatic rings. The molecule has 2 aliphatic heterocycles. The molecule has 0 spiro atoms. The van der Waals surface area contributed by atoms with Gasteiger partial charge in [-0.2, -0.15) is 20.1 Å². The average molecular weight is 494 g/mol. The van der Waals surface area contributed by atoms with Crippen LogP contribution in [0.15, 0.2) is 21.7 Å². The molecule has 0 bridgehead atoms. The maximum absolute atomic E-state index is 10.3. The van der Waals surface area contributed by atoms with Crippen LogP contribution >= 0.6 is 15.9 Å². The number of hydrazone groups is 1. The number of benzene rings is 1. The fraction of sp³-hybridized carbons (Fsp3) is 0.474. The van der Waals surface area contributed by atoms with Gasteiger partial charge in [-0.05, 0) is 12.1 Å². The Hall–Kier alpha value is -2.70. The summed E-state index contributed by atoms with van der Waals surface area (Å²) in [4.78, 5) is 17.8. The number of phenols is 1. The van der Waals surface area contributed by atoms with Crippen LogP contribution in [-0.4, -0.2) is 86.0 Å². The lowest BCUT2D eigenvalue weighted by Crippen LogP contribution is -2.40. The summed E-state index contributed by atoms with van der Waals surface area (Å²) in [5.41, 5.74) is 3.34. The summed E-state index contributed by atoms with van der Waals surface area (Å²) in [6.45, 7) is 5.35. The van der Waals surface area contributed by atoms with Gasteiger partial charge in [0.1, 0.15) is 0 Å². The maximum Gasteiger partial charge on any atom is 0.250 e. The zero-order valence-corrected chi connectivity index (χ0v) is 18.7. The van der Waals surface area contributed by atoms with E-state index in [2.05, 4.69) is 51.2 Å². The molecule has 1 aromatic heterocycles. The summed E-state index contributed by atoms with van der Waals surface area (Å²) >= 11 is 3.39. The molecule has 2 fully saturated rings. The summed E-state index contributed by atoms with van der Waals surface area (Å²) < 4.78 is 16.8. The molecule has 2 aliphatic rings. The minimum Gasteiger partial charge on any atom is -0.504 e. The SMILES string of the molecule is COc1cc(Br)cc(/C=N\Nc2nc(N3CCOCC3)nc(N3CCOCC3)n2)c1O. The first-order chi connectivity index (χ1) is 15.1. The Morgan fingerprint density at radius 1 is 1.03 bits per heavy atom. The summed E-state index contributed by atoms with van der Waals surface area (Å²) in [5.74, 6) is 1.81. The topological polar surface area (TPSA) is 117 Å². The second kappa shape index (κ2) is 10.1. The molecule has 3 heterocycles. The Labute approximate surface area is 188 Å². The first-order valence-corrected chi connectivity index (χ1v) is 10.7. The molecule has 0 saturated carbocycles. The zero-order valence-electron chi connectivity index (χ0n) is 17.1. The van der Waals surface area contributed by atoms with E-state index in [1.54, 1.807) is 12.1 Å². The molecule has 31 heavy (non-hydrogen) atoms. The van der Waals surface area contributed by atoms with Gasteiger partial charge in [-0.15, -0.1) is 0 Å². The van der Waals surface area contributed by atoms with Gasteiger partial charge in [0.25, 0.3) is 0 Å². The van der Waals surface area contributed by atoms with Crippen molar-refractivity contribution < 1.29 is 19.3 Å². The van der Waals surface area contributed by atoms with E-state index < -0.39 is 0 Å². The van der Waals surface area contributed by atoms with Crippen LogP contribution in [0.1, 0.15) is 5.56 Å². The monoisotopic (exact) mass is 493 g/mol. The van der Waals surface area contributed by atoms with Crippen LogP contribution in [0.4, 0.5) is 17.8 Å². The van der Waals surface area contributed by atoms with Gasteiger partial charge in [-0.1, -0.05) is 15.9 Å². The van der Waals surface area contributed by atoms with Crippen LogP contribution in [0.3, 0.4) is 0 Å². The molecule has 0 unspecified atom stereocenters. The van der Waals surface area contributed by atoms with Crippen LogP contribution in [0.2, 0.25) is 0 Å². The Balaban J connectivity index is 1.58. The molecular formula is C19H24BrN7O4. The molecule has 11 nitrogen and oxygen atoms in total. The molecule has 0 amide bonds. The third-order valence-electron chi connectivity index (χ3n) is 4.86. The van der Waals surface area contributed by atoms with Gasteiger partial charge in [0.15, 0.2) is 11.5 Å². The number of aromatic hydroxyl groups is 1. The highest BCUT2D eigenvalue weighted by Crippen LogP contribution is 2.32. The van der Waals surface area contributed by atoms with Crippen molar-refractivity contribution in [2.45, 2.75) is 0 Å². The number of aromatic nitrogens is 3. The highest BCUT2D eigenvalue weighted by Gasteiger charge is 2.20. The lowest BCUT2D eigenvalue weighted by molar-refractivity contribution is 0.121. The van der Waals surface area contributed by atoms with E-state index in [9.17, 15) is 5.11 Å². The summed E-state index contributed by atoms with van der Waals surface area (Å²) in [6.07, 6.45) is 1.48. The van der Waals surface area contributed by atoms with Crippen LogP contribution in [0, 0.1) is 0 Å². The van der Waals surface area contributed by atoms with Gasteiger partial charge in [0.05, 0.1) is 39.8 Å². The van der Waals surface area contributed by atoms with Crippen LogP contribution in [-0.2, 0) is 9.47 Å². The average Bonchev–Trinajstić information content (AvgIpc) is 2.82. The van der Waals surface area contributed by atoms with E-state index in [0.29, 0.717) is 81.8 Å². The number of morpholine rings is 2. The van der Waals surface area contributed by atoms with Gasteiger partial charge in [-0.25, -0.2) is 5.43 Å². The highest BCUT2D eigenvalue weighted by molar-refractivity contribution is 9.10. The number of phenolic OH excluding ortho intramolecular Hbond substituents is 1. The molecule has 0 radical (unpaired) electrons. The summed E-state index contributed by atoms with van der Waals surface area (Å²) in [7, 11) is 1.49. The summed E-state index contributed by atoms with van der Waals surface area (Å²) in [5, 5.41) is 14.5. The molecule has 0 atom stereocenters. The van der Waals surface area contributed by atoms with Crippen molar-refractivity contribution in [2.75, 3.05) is 74.9 Å². The standard InChI is InChI=1S/C19H24BrN7O4/c1-29-15-11-14(20)10-13(16(15)28)12-21-25-17-22-18(26-2-6-30-7-3-26)24-19(23-17)27-4-8-31-9-5-27/h10-12,28H,2-9H2,1H3,(H,22,23,24,25)/b21-12-. The normalized spacial score (nSPS) is 17.2. The third-order valence-corrected chi connectivity index (χ3v) is 5.31. The second-order valence-electron chi connectivity index (χ2n) is 6.87. The summed E-state index contributed by atoms with van der Waals surface area (Å²) in [6, 6.07) is 3.41. The van der Waals surface area contributed by atoms with Crippen molar-refractivity contribution in [3.05, 3.63) is 22.2 Å². The predicted octanol–water partition coefficient (Wildman–Crippen LogP) is 1.47. The van der Waals surface area contributed by atoms with Gasteiger partial charge in [0, 0.05) is 36.2 Å². The molecular weight excluding hydrogens is 470 g/mol. The Bertz CT molecular complexity index is 897. The Morgan fingerprint density at radius 2 is 1.61 bits per heavy atom. The quantitative estimate of drug-likeness (QED) is 0.452. The Morgan fingerprint density at radius 3 is 2.16 bits per heavy atom. The van der Waals surface area contributed by atoms with E-state index in [4.69, 9.17) is 14.2 Å². The number of nitrogens with one attached hydrogen (secondary N) is 1. The van der Waals surface area contributed by atoms with E-state index >= 15 is 0 Å². The maximum atomic E-state index is 10.3. The van der Waals surface area contributed by atoms with Crippen molar-refractivity contribution in [3.8, 4) is 11.5 Å². The number of ether oxygens (including phenoxy) is 3. The fourth-order valence-corrected chi connectivity index (χ4v) is 3.68. The number of hydrogen-bond acceptors (Lipinski definition) is 11. The smallest absolute Gasteiger partial charge is 0.250 e. The number of rotatable bonds is 6. The molecule has 2 N–H and O–H groups in total. The predicted molar refractivity (Wildman–Crippen MR) is 119 cm³/mol. The van der Waals surface area contributed by atoms with Crippen LogP contribution in [0.5, 0.6) is 11.5 Å². The number of halogens is 1. The molecule has 0 aliphatic carbocycles. The van der Waals surface area contributed by atoms with E-state index in [0.717, 1.165) is 4.47 Å². The Kier molecular flexibility index (Phi) is 6.99. The number of methoxy groups -OCH3 is 1. The van der Waals surface area contributed by atoms with Gasteiger partial charge in [0.2, 0.25) is 17.8 Å². The van der Waals surface area contributed by atoms with Crippen molar-refractivity contribution in [2.24, 2.45) is 5.10 Å². The second-order valence-corrected chi connectivity index (χ2v) is 7.79. The first kappa shape index (κ1) is 21.5. The minimum atomic E-state index is -0.00471. The van der Waals surface area contributed by atoms with Crippen molar-refractivity contribution in [1.82, 2.24) is 15.0 Å². The fourth-order valence-electron chi connectivity index (χ4n) is 3.22. The van der Waals surface area contributed by atoms with E-state index in [1.165, 1.54) is 13.3 Å². The zero-order chi connectivity index (χ0) is 21.6. The van der Waals surface area contributed by atoms with Crippen LogP contribution < -0.4 is 20.0 Å². The molecule has 12 heteroatoms. The number of hydrogen-bond donors (Lipinski definition) is 2. The van der Waals surface area contributed by atoms with Crippen molar-refractivity contribution in [3.63, 3.8) is 0 Å². The lowest BCUT2D eigenvalue weighted by atomic mass is 10.2. The molecule has 2 saturated heterocycles. The highest BCUT2D eigenvalue weighted by atomic mass is 79.9. The molecule has 1 aromatic carbocycles. The van der Waals surface area contributed by atoms with Gasteiger partial charge < -0.3 is 29.1 Å². The number of nitrogens with zero attached hydrogens (tertiary/aromatic N) is 6. The van der Waals surface area contributed by atoms with Crippen molar-refractivity contribution >= 4 is 40.0 Å². The largest absolute Gasteiger partial charge is 0.504 e.